The maximum Gasteiger partial charge on any atom is 0.247 e. The van der Waals surface area contributed by atoms with Gasteiger partial charge in [0.2, 0.25) is 5.91 Å². The fourth-order valence-corrected chi connectivity index (χ4v) is 2.62. The first-order valence-electron chi connectivity index (χ1n) is 6.78. The monoisotopic (exact) mass is 298 g/mol. The van der Waals surface area contributed by atoms with Gasteiger partial charge in [-0.2, -0.15) is 0 Å². The van der Waals surface area contributed by atoms with Gasteiger partial charge in [0.25, 0.3) is 0 Å². The summed E-state index contributed by atoms with van der Waals surface area (Å²) in [5.74, 6) is -0.0568. The van der Waals surface area contributed by atoms with E-state index in [-0.39, 0.29) is 11.9 Å². The van der Waals surface area contributed by atoms with Crippen LogP contribution < -0.4 is 5.32 Å². The number of carbonyl (C=O) groups excluding carboxylic acids is 1. The average molecular weight is 299 g/mol. The molecule has 3 aromatic rings. The Morgan fingerprint density at radius 2 is 1.86 bits per heavy atom. The number of rotatable bonds is 3. The zero-order chi connectivity index (χ0) is 14.8. The number of para-hydroxylation sites is 1. The quantitative estimate of drug-likeness (QED) is 0.759. The molecule has 1 amide bonds. The lowest BCUT2D eigenvalue weighted by Crippen LogP contribution is -2.23. The second kappa shape index (κ2) is 5.62. The summed E-state index contributed by atoms with van der Waals surface area (Å²) in [5.41, 5.74) is 1.75. The highest BCUT2D eigenvalue weighted by Crippen LogP contribution is 2.27. The van der Waals surface area contributed by atoms with Gasteiger partial charge in [0.15, 0.2) is 0 Å². The first-order chi connectivity index (χ1) is 10.2. The largest absolute Gasteiger partial charge is 0.335 e. The van der Waals surface area contributed by atoms with E-state index >= 15 is 0 Å². The van der Waals surface area contributed by atoms with Gasteiger partial charge in [-0.25, -0.2) is 0 Å². The lowest BCUT2D eigenvalue weighted by Gasteiger charge is -2.15. The van der Waals surface area contributed by atoms with Gasteiger partial charge >= 0.3 is 0 Å². The number of nitrogens with one attached hydrogen (secondary N) is 1. The third-order valence-corrected chi connectivity index (χ3v) is 3.88. The highest BCUT2D eigenvalue weighted by Gasteiger charge is 2.17. The number of nitrogens with zero attached hydrogens (tertiary/aromatic N) is 1. The summed E-state index contributed by atoms with van der Waals surface area (Å²) in [6, 6.07) is 16.8. The maximum atomic E-state index is 12.4. The number of amides is 1. The van der Waals surface area contributed by atoms with Crippen LogP contribution in [0.2, 0.25) is 5.02 Å². The molecule has 1 unspecified atom stereocenters. The smallest absolute Gasteiger partial charge is 0.247 e. The van der Waals surface area contributed by atoms with Crippen LogP contribution in [0.25, 0.3) is 10.9 Å². The molecule has 0 spiro atoms. The number of benzene rings is 2. The normalized spacial score (nSPS) is 12.3. The molecule has 1 N–H and O–H groups in total. The summed E-state index contributed by atoms with van der Waals surface area (Å²) in [5, 5.41) is 4.57. The van der Waals surface area contributed by atoms with E-state index in [1.54, 1.807) is 0 Å². The Bertz CT molecular complexity index is 780. The molecular formula is C17H15ClN2O. The Hall–Kier alpha value is -2.26. The van der Waals surface area contributed by atoms with Crippen molar-refractivity contribution in [2.75, 3.05) is 5.32 Å². The Morgan fingerprint density at radius 1 is 1.10 bits per heavy atom. The minimum atomic E-state index is -0.318. The van der Waals surface area contributed by atoms with Gasteiger partial charge in [-0.3, -0.25) is 4.79 Å². The van der Waals surface area contributed by atoms with Crippen molar-refractivity contribution >= 4 is 34.1 Å². The molecule has 0 saturated heterocycles. The highest BCUT2D eigenvalue weighted by atomic mass is 35.5. The van der Waals surface area contributed by atoms with Crippen LogP contribution >= 0.6 is 11.6 Å². The van der Waals surface area contributed by atoms with Gasteiger partial charge in [-0.15, -0.1) is 0 Å². The predicted octanol–water partition coefficient (Wildman–Crippen LogP) is 4.49. The first kappa shape index (κ1) is 13.7. The lowest BCUT2D eigenvalue weighted by molar-refractivity contribution is -0.118. The average Bonchev–Trinajstić information content (AvgIpc) is 2.93. The van der Waals surface area contributed by atoms with Gasteiger partial charge < -0.3 is 9.88 Å². The summed E-state index contributed by atoms with van der Waals surface area (Å²) < 4.78 is 1.93. The van der Waals surface area contributed by atoms with E-state index in [4.69, 9.17) is 11.6 Å². The van der Waals surface area contributed by atoms with Crippen molar-refractivity contribution in [3.05, 3.63) is 65.8 Å². The van der Waals surface area contributed by atoms with E-state index in [0.717, 1.165) is 16.6 Å². The van der Waals surface area contributed by atoms with E-state index in [1.165, 1.54) is 0 Å². The third kappa shape index (κ3) is 2.65. The summed E-state index contributed by atoms with van der Waals surface area (Å²) in [4.78, 5) is 12.4. The molecule has 1 aromatic heterocycles. The summed E-state index contributed by atoms with van der Waals surface area (Å²) in [7, 11) is 0. The lowest BCUT2D eigenvalue weighted by atomic mass is 10.2. The third-order valence-electron chi connectivity index (χ3n) is 3.55. The van der Waals surface area contributed by atoms with Gasteiger partial charge in [0, 0.05) is 22.3 Å². The molecule has 0 aliphatic heterocycles. The topological polar surface area (TPSA) is 34.0 Å². The van der Waals surface area contributed by atoms with Crippen molar-refractivity contribution in [2.45, 2.75) is 13.0 Å². The van der Waals surface area contributed by atoms with Crippen molar-refractivity contribution in [3.8, 4) is 0 Å². The van der Waals surface area contributed by atoms with Crippen molar-refractivity contribution < 1.29 is 4.79 Å². The number of hydrogen-bond donors (Lipinski definition) is 1. The van der Waals surface area contributed by atoms with E-state index in [9.17, 15) is 4.79 Å². The van der Waals surface area contributed by atoms with Gasteiger partial charge in [0.05, 0.1) is 5.52 Å². The first-order valence-corrected chi connectivity index (χ1v) is 7.15. The van der Waals surface area contributed by atoms with Crippen LogP contribution in [0.4, 0.5) is 5.69 Å². The molecular weight excluding hydrogens is 284 g/mol. The van der Waals surface area contributed by atoms with Gasteiger partial charge in [-0.1, -0.05) is 35.9 Å². The minimum absolute atomic E-state index is 0.0568. The second-order valence-electron chi connectivity index (χ2n) is 4.93. The predicted molar refractivity (Wildman–Crippen MR) is 86.7 cm³/mol. The van der Waals surface area contributed by atoms with Crippen molar-refractivity contribution in [3.63, 3.8) is 0 Å². The molecule has 1 heterocycles. The molecule has 0 saturated carbocycles. The van der Waals surface area contributed by atoms with Crippen LogP contribution in [0.1, 0.15) is 13.0 Å². The maximum absolute atomic E-state index is 12.4. The van der Waals surface area contributed by atoms with E-state index < -0.39 is 0 Å². The molecule has 4 heteroatoms. The molecule has 2 aromatic carbocycles. The van der Waals surface area contributed by atoms with Crippen LogP contribution in [0, 0.1) is 0 Å². The molecule has 0 aliphatic rings. The van der Waals surface area contributed by atoms with E-state index in [1.807, 2.05) is 72.3 Å². The summed E-state index contributed by atoms with van der Waals surface area (Å²) in [6.45, 7) is 1.87. The molecule has 1 atom stereocenters. The van der Waals surface area contributed by atoms with Crippen molar-refractivity contribution in [1.29, 1.82) is 0 Å². The molecule has 0 radical (unpaired) electrons. The molecule has 3 rings (SSSR count). The Labute approximate surface area is 128 Å². The summed E-state index contributed by atoms with van der Waals surface area (Å²) in [6.07, 6.45) is 1.89. The zero-order valence-corrected chi connectivity index (χ0v) is 12.3. The molecule has 0 aliphatic carbocycles. The van der Waals surface area contributed by atoms with Crippen molar-refractivity contribution in [2.24, 2.45) is 0 Å². The SMILES string of the molecule is CC(C(=O)Nc1ccccc1)n1ccc2c(Cl)cccc21. The van der Waals surface area contributed by atoms with E-state index in [0.29, 0.717) is 5.02 Å². The molecule has 0 bridgehead atoms. The Morgan fingerprint density at radius 3 is 2.62 bits per heavy atom. The van der Waals surface area contributed by atoms with Crippen LogP contribution in [0.3, 0.4) is 0 Å². The van der Waals surface area contributed by atoms with Crippen molar-refractivity contribution in [1.82, 2.24) is 4.57 Å². The number of halogens is 1. The highest BCUT2D eigenvalue weighted by molar-refractivity contribution is 6.35. The molecule has 0 fully saturated rings. The fourth-order valence-electron chi connectivity index (χ4n) is 2.38. The number of hydrogen-bond acceptors (Lipinski definition) is 1. The fraction of sp³-hybridized carbons (Fsp3) is 0.118. The van der Waals surface area contributed by atoms with E-state index in [2.05, 4.69) is 5.32 Å². The van der Waals surface area contributed by atoms with Crippen LogP contribution in [0.15, 0.2) is 60.8 Å². The Kier molecular flexibility index (Phi) is 3.67. The molecule has 106 valence electrons. The number of anilines is 1. The Balaban J connectivity index is 1.88. The second-order valence-corrected chi connectivity index (χ2v) is 5.33. The summed E-state index contributed by atoms with van der Waals surface area (Å²) >= 11 is 6.17. The van der Waals surface area contributed by atoms with Crippen LogP contribution in [0.5, 0.6) is 0 Å². The molecule has 3 nitrogen and oxygen atoms in total. The van der Waals surface area contributed by atoms with Crippen LogP contribution in [-0.4, -0.2) is 10.5 Å². The van der Waals surface area contributed by atoms with Gasteiger partial charge in [-0.05, 0) is 37.3 Å². The number of fused-ring (bicyclic) bond motifs is 1. The zero-order valence-electron chi connectivity index (χ0n) is 11.6. The standard InChI is InChI=1S/C17H15ClN2O/c1-12(17(21)19-13-6-3-2-4-7-13)20-11-10-14-15(18)8-5-9-16(14)20/h2-12H,1H3,(H,19,21). The number of carbonyl (C=O) groups is 1. The molecule has 21 heavy (non-hydrogen) atoms. The van der Waals surface area contributed by atoms with Crippen LogP contribution in [-0.2, 0) is 4.79 Å². The number of aromatic nitrogens is 1. The van der Waals surface area contributed by atoms with Gasteiger partial charge in [0.1, 0.15) is 6.04 Å². The minimum Gasteiger partial charge on any atom is -0.335 e.